The first-order chi connectivity index (χ1) is 16.9. The summed E-state index contributed by atoms with van der Waals surface area (Å²) in [6.07, 6.45) is -3.99. The number of para-hydroxylation sites is 1. The number of ether oxygens (including phenoxy) is 1. The van der Waals surface area contributed by atoms with Crippen LogP contribution in [0.1, 0.15) is 27.0 Å². The van der Waals surface area contributed by atoms with E-state index < -0.39 is 27.5 Å². The number of hydrogen-bond donors (Lipinski definition) is 1. The summed E-state index contributed by atoms with van der Waals surface area (Å²) in [6.45, 7) is 2.07. The summed E-state index contributed by atoms with van der Waals surface area (Å²) in [5, 5.41) is 2.55. The molecule has 36 heavy (non-hydrogen) atoms. The lowest BCUT2D eigenvalue weighted by atomic mass is 10.1. The molecule has 0 radical (unpaired) electrons. The van der Waals surface area contributed by atoms with E-state index in [1.54, 1.807) is 0 Å². The normalized spacial score (nSPS) is 11.7. The second-order valence-corrected chi connectivity index (χ2v) is 10.3. The Kier molecular flexibility index (Phi) is 8.52. The Balaban J connectivity index is 1.69. The number of carbonyl (C=O) groups is 1. The molecule has 0 aromatic heterocycles. The lowest BCUT2D eigenvalue weighted by molar-refractivity contribution is -0.137. The molecule has 11 heteroatoms. The van der Waals surface area contributed by atoms with Crippen LogP contribution in [0, 0.1) is 6.92 Å². The molecule has 3 aromatic carbocycles. The van der Waals surface area contributed by atoms with Gasteiger partial charge < -0.3 is 10.1 Å². The van der Waals surface area contributed by atoms with Crippen molar-refractivity contribution in [1.29, 1.82) is 0 Å². The van der Waals surface area contributed by atoms with Crippen molar-refractivity contribution in [1.82, 2.24) is 5.32 Å². The highest BCUT2D eigenvalue weighted by Crippen LogP contribution is 2.39. The van der Waals surface area contributed by atoms with Crippen LogP contribution < -0.4 is 14.4 Å². The molecule has 3 rings (SSSR count). The predicted octanol–water partition coefficient (Wildman–Crippen LogP) is 5.44. The number of carbonyl (C=O) groups excluding carboxylic acids is 1. The maximum atomic E-state index is 13.6. The van der Waals surface area contributed by atoms with E-state index in [9.17, 15) is 26.4 Å². The van der Waals surface area contributed by atoms with Gasteiger partial charge in [-0.25, -0.2) is 8.42 Å². The van der Waals surface area contributed by atoms with Crippen molar-refractivity contribution < 1.29 is 31.1 Å². The number of sulfonamides is 1. The third-order valence-electron chi connectivity index (χ3n) is 5.21. The average Bonchev–Trinajstić information content (AvgIpc) is 2.80. The van der Waals surface area contributed by atoms with Crippen LogP contribution in [0.5, 0.6) is 5.75 Å². The van der Waals surface area contributed by atoms with E-state index in [0.717, 1.165) is 23.6 Å². The predicted molar refractivity (Wildman–Crippen MR) is 133 cm³/mol. The Morgan fingerprint density at radius 1 is 1.06 bits per heavy atom. The topological polar surface area (TPSA) is 75.7 Å². The first kappa shape index (κ1) is 27.3. The molecular formula is C25H24ClF3N2O4S. The van der Waals surface area contributed by atoms with Gasteiger partial charge in [0.25, 0.3) is 5.91 Å². The Morgan fingerprint density at radius 2 is 1.72 bits per heavy atom. The number of rotatable bonds is 9. The second-order valence-electron chi connectivity index (χ2n) is 8.00. The maximum Gasteiger partial charge on any atom is 0.418 e. The summed E-state index contributed by atoms with van der Waals surface area (Å²) in [5.41, 5.74) is -0.0244. The fourth-order valence-electron chi connectivity index (χ4n) is 3.41. The van der Waals surface area contributed by atoms with E-state index in [4.69, 9.17) is 16.3 Å². The Bertz CT molecular complexity index is 1330. The zero-order valence-electron chi connectivity index (χ0n) is 19.5. The van der Waals surface area contributed by atoms with Crippen LogP contribution in [-0.2, 0) is 22.7 Å². The summed E-state index contributed by atoms with van der Waals surface area (Å²) in [4.78, 5) is 12.4. The summed E-state index contributed by atoms with van der Waals surface area (Å²) in [5.74, 6) is 0.355. The minimum atomic E-state index is -4.81. The lowest BCUT2D eigenvalue weighted by Gasteiger charge is -2.26. The third kappa shape index (κ3) is 7.14. The van der Waals surface area contributed by atoms with Crippen molar-refractivity contribution in [3.8, 4) is 5.75 Å². The van der Waals surface area contributed by atoms with Gasteiger partial charge in [0.05, 0.1) is 30.6 Å². The van der Waals surface area contributed by atoms with Crippen LogP contribution in [0.25, 0.3) is 0 Å². The maximum absolute atomic E-state index is 13.6. The zero-order chi connectivity index (χ0) is 26.5. The zero-order valence-corrected chi connectivity index (χ0v) is 21.0. The van der Waals surface area contributed by atoms with E-state index in [0.29, 0.717) is 21.5 Å². The monoisotopic (exact) mass is 540 g/mol. The van der Waals surface area contributed by atoms with Crippen LogP contribution in [0.2, 0.25) is 5.02 Å². The van der Waals surface area contributed by atoms with Crippen molar-refractivity contribution >= 4 is 33.2 Å². The van der Waals surface area contributed by atoms with E-state index in [1.165, 1.54) is 30.3 Å². The van der Waals surface area contributed by atoms with Crippen LogP contribution >= 0.6 is 11.6 Å². The first-order valence-corrected chi connectivity index (χ1v) is 13.0. The number of nitrogens with zero attached hydrogens (tertiary/aromatic N) is 1. The molecule has 6 nitrogen and oxygen atoms in total. The van der Waals surface area contributed by atoms with Crippen LogP contribution in [0.3, 0.4) is 0 Å². The minimum absolute atomic E-state index is 0.167. The highest BCUT2D eigenvalue weighted by Gasteiger charge is 2.37. The van der Waals surface area contributed by atoms with Crippen LogP contribution in [-0.4, -0.2) is 33.7 Å². The molecule has 0 aliphatic heterocycles. The van der Waals surface area contributed by atoms with Crippen LogP contribution in [0.15, 0.2) is 66.7 Å². The van der Waals surface area contributed by atoms with E-state index in [-0.39, 0.29) is 30.6 Å². The molecule has 0 bridgehead atoms. The first-order valence-electron chi connectivity index (χ1n) is 10.8. The highest BCUT2D eigenvalue weighted by molar-refractivity contribution is 7.92. The number of alkyl halides is 3. The minimum Gasteiger partial charge on any atom is -0.491 e. The SMILES string of the molecule is Cc1ccccc1OCCNC(=O)c1ccc(CN(c2ccc(Cl)cc2C(F)(F)F)S(C)(=O)=O)cc1. The number of hydrogen-bond acceptors (Lipinski definition) is 4. The Labute approximate surface area is 212 Å². The van der Waals surface area contributed by atoms with E-state index >= 15 is 0 Å². The van der Waals surface area contributed by atoms with Gasteiger partial charge in [-0.2, -0.15) is 13.2 Å². The van der Waals surface area contributed by atoms with Gasteiger partial charge in [-0.1, -0.05) is 41.9 Å². The fourth-order valence-corrected chi connectivity index (χ4v) is 4.48. The summed E-state index contributed by atoms with van der Waals surface area (Å²) in [7, 11) is -4.08. The van der Waals surface area contributed by atoms with Crippen molar-refractivity contribution in [2.45, 2.75) is 19.6 Å². The molecule has 1 amide bonds. The number of aryl methyl sites for hydroxylation is 1. The molecule has 3 aromatic rings. The quantitative estimate of drug-likeness (QED) is 0.367. The van der Waals surface area contributed by atoms with E-state index in [1.807, 2.05) is 31.2 Å². The average molecular weight is 541 g/mol. The number of anilines is 1. The molecule has 0 saturated carbocycles. The van der Waals surface area contributed by atoms with Gasteiger partial charge in [0.15, 0.2) is 0 Å². The number of benzene rings is 3. The van der Waals surface area contributed by atoms with E-state index in [2.05, 4.69) is 5.32 Å². The van der Waals surface area contributed by atoms with Gasteiger partial charge in [-0.15, -0.1) is 0 Å². The van der Waals surface area contributed by atoms with Crippen molar-refractivity contribution in [2.75, 3.05) is 23.7 Å². The molecule has 0 aliphatic carbocycles. The largest absolute Gasteiger partial charge is 0.491 e. The standard InChI is InChI=1S/C25H24ClF3N2O4S/c1-17-5-3-4-6-23(17)35-14-13-30-24(32)19-9-7-18(8-10-19)16-31(36(2,33)34)22-12-11-20(26)15-21(22)25(27,28)29/h3-12,15H,13-14,16H2,1-2H3,(H,30,32). The van der Waals surface area contributed by atoms with Gasteiger partial charge in [0, 0.05) is 10.6 Å². The van der Waals surface area contributed by atoms with Gasteiger partial charge in [-0.05, 0) is 54.4 Å². The van der Waals surface area contributed by atoms with Gasteiger partial charge in [0.1, 0.15) is 12.4 Å². The molecule has 1 N–H and O–H groups in total. The molecular weight excluding hydrogens is 517 g/mol. The van der Waals surface area contributed by atoms with Crippen molar-refractivity contribution in [3.05, 3.63) is 94.0 Å². The Hall–Kier alpha value is -3.24. The van der Waals surface area contributed by atoms with Gasteiger partial charge in [-0.3, -0.25) is 9.10 Å². The molecule has 0 unspecified atom stereocenters. The molecule has 0 saturated heterocycles. The molecule has 0 atom stereocenters. The van der Waals surface area contributed by atoms with Gasteiger partial charge in [0.2, 0.25) is 10.0 Å². The highest BCUT2D eigenvalue weighted by atomic mass is 35.5. The molecule has 0 heterocycles. The summed E-state index contributed by atoms with van der Waals surface area (Å²) >= 11 is 5.72. The number of amides is 1. The summed E-state index contributed by atoms with van der Waals surface area (Å²) in [6, 6.07) is 16.3. The van der Waals surface area contributed by atoms with Gasteiger partial charge >= 0.3 is 6.18 Å². The molecule has 0 aliphatic rings. The Morgan fingerprint density at radius 3 is 2.33 bits per heavy atom. The number of halogens is 4. The summed E-state index contributed by atoms with van der Waals surface area (Å²) < 4.78 is 71.8. The van der Waals surface area contributed by atoms with Crippen LogP contribution in [0.4, 0.5) is 18.9 Å². The number of nitrogens with one attached hydrogen (secondary N) is 1. The van der Waals surface area contributed by atoms with Crippen molar-refractivity contribution in [2.24, 2.45) is 0 Å². The third-order valence-corrected chi connectivity index (χ3v) is 6.58. The smallest absolute Gasteiger partial charge is 0.418 e. The molecule has 192 valence electrons. The second kappa shape index (κ2) is 11.2. The van der Waals surface area contributed by atoms with Crippen molar-refractivity contribution in [3.63, 3.8) is 0 Å². The molecule has 0 fully saturated rings. The fraction of sp³-hybridized carbons (Fsp3) is 0.240. The lowest BCUT2D eigenvalue weighted by Crippen LogP contribution is -2.31. The molecule has 0 spiro atoms.